The van der Waals surface area contributed by atoms with Crippen molar-refractivity contribution in [3.63, 3.8) is 0 Å². The number of nitrogens with zero attached hydrogens (tertiary/aromatic N) is 5. The quantitative estimate of drug-likeness (QED) is 0.360. The maximum absolute atomic E-state index is 13.9. The number of nitrogens with one attached hydrogen (secondary N) is 2. The van der Waals surface area contributed by atoms with Crippen LogP contribution in [0.15, 0.2) is 23.1 Å². The van der Waals surface area contributed by atoms with Gasteiger partial charge >= 0.3 is 0 Å². The van der Waals surface area contributed by atoms with E-state index < -0.39 is 29.8 Å². The van der Waals surface area contributed by atoms with Gasteiger partial charge in [-0.25, -0.2) is 31.7 Å². The maximum Gasteiger partial charge on any atom is 0.276 e. The van der Waals surface area contributed by atoms with Gasteiger partial charge in [0.2, 0.25) is 17.8 Å². The number of amides is 2. The number of halogens is 4. The number of hydrogen-bond acceptors (Lipinski definition) is 7. The minimum atomic E-state index is -2.74. The van der Waals surface area contributed by atoms with E-state index >= 15 is 0 Å². The monoisotopic (exact) mass is 565 g/mol. The molecule has 2 fully saturated rings. The second kappa shape index (κ2) is 10.8. The van der Waals surface area contributed by atoms with Gasteiger partial charge in [-0.05, 0) is 54.8 Å². The molecule has 3 aromatic heterocycles. The van der Waals surface area contributed by atoms with Crippen LogP contribution < -0.4 is 10.6 Å². The number of imidazole rings is 1. The lowest BCUT2D eigenvalue weighted by Crippen LogP contribution is -2.39. The highest BCUT2D eigenvalue weighted by Gasteiger charge is 2.46. The Hall–Kier alpha value is -3.58. The molecular formula is C26H31F4N7O3. The van der Waals surface area contributed by atoms with Gasteiger partial charge in [0.1, 0.15) is 5.69 Å². The summed E-state index contributed by atoms with van der Waals surface area (Å²) in [6.07, 6.45) is 3.06. The summed E-state index contributed by atoms with van der Waals surface area (Å²) in [6, 6.07) is 0.666. The molecule has 3 aromatic rings. The first-order chi connectivity index (χ1) is 18.9. The molecule has 10 nitrogen and oxygen atoms in total. The first kappa shape index (κ1) is 28.0. The highest BCUT2D eigenvalue weighted by atomic mass is 19.3. The summed E-state index contributed by atoms with van der Waals surface area (Å²) in [5.41, 5.74) is 1.87. The van der Waals surface area contributed by atoms with Crippen molar-refractivity contribution >= 4 is 17.5 Å². The molecule has 5 rings (SSSR count). The number of carbonyl (C=O) groups is 2. The molecule has 216 valence electrons. The SMILES string of the molecule is CC[C@H](NC(=O)CC1CC(F)(F)C1)c1cnn2cc([C@@H](NC(=O)c3nonc3C)C3CCC(F)(F)CC3)nc2c1. The van der Waals surface area contributed by atoms with E-state index in [9.17, 15) is 27.2 Å². The molecular weight excluding hydrogens is 534 g/mol. The predicted molar refractivity (Wildman–Crippen MR) is 133 cm³/mol. The molecule has 0 radical (unpaired) electrons. The molecule has 0 unspecified atom stereocenters. The standard InChI is InChI=1S/C26H31F4N7O3/c1-3-18(33-21(38)8-15-10-26(29,30)11-15)17-9-20-32-19(13-37(20)31-12-17)23(16-4-6-25(27,28)7-5-16)34-24(39)22-14(2)35-40-36-22/h9,12-13,15-16,18,23H,3-8,10-11H2,1-2H3,(H,33,38)(H,34,39)/t18-,23-/m0/s1. The van der Waals surface area contributed by atoms with Gasteiger partial charge in [-0.15, -0.1) is 0 Å². The van der Waals surface area contributed by atoms with Crippen molar-refractivity contribution < 1.29 is 31.8 Å². The van der Waals surface area contributed by atoms with Crippen LogP contribution in [0.4, 0.5) is 17.6 Å². The lowest BCUT2D eigenvalue weighted by atomic mass is 9.79. The van der Waals surface area contributed by atoms with Gasteiger partial charge in [0.25, 0.3) is 5.91 Å². The molecule has 0 spiro atoms. The number of fused-ring (bicyclic) bond motifs is 1. The van der Waals surface area contributed by atoms with E-state index in [2.05, 4.69) is 35.7 Å². The normalized spacial score (nSPS) is 20.6. The minimum Gasteiger partial charge on any atom is -0.349 e. The topological polar surface area (TPSA) is 127 Å². The van der Waals surface area contributed by atoms with Crippen molar-refractivity contribution in [2.24, 2.45) is 11.8 Å². The van der Waals surface area contributed by atoms with E-state index in [-0.39, 0.29) is 68.4 Å². The minimum absolute atomic E-state index is 0.00228. The summed E-state index contributed by atoms with van der Waals surface area (Å²) in [7, 11) is 0. The van der Waals surface area contributed by atoms with Gasteiger partial charge in [-0.3, -0.25) is 9.59 Å². The maximum atomic E-state index is 13.9. The highest BCUT2D eigenvalue weighted by Crippen LogP contribution is 2.44. The van der Waals surface area contributed by atoms with Crippen molar-refractivity contribution in [3.8, 4) is 0 Å². The van der Waals surface area contributed by atoms with Crippen LogP contribution in [0.1, 0.15) is 97.8 Å². The Morgan fingerprint density at radius 2 is 1.85 bits per heavy atom. The van der Waals surface area contributed by atoms with Crippen molar-refractivity contribution in [1.82, 2.24) is 35.5 Å². The summed E-state index contributed by atoms with van der Waals surface area (Å²) >= 11 is 0. The summed E-state index contributed by atoms with van der Waals surface area (Å²) < 4.78 is 60.2. The van der Waals surface area contributed by atoms with E-state index in [4.69, 9.17) is 0 Å². The molecule has 0 aliphatic heterocycles. The largest absolute Gasteiger partial charge is 0.349 e. The Morgan fingerprint density at radius 3 is 2.48 bits per heavy atom. The molecule has 2 saturated carbocycles. The second-order valence-electron chi connectivity index (χ2n) is 11.0. The Balaban J connectivity index is 1.35. The van der Waals surface area contributed by atoms with Gasteiger partial charge in [-0.1, -0.05) is 12.1 Å². The summed E-state index contributed by atoms with van der Waals surface area (Å²) in [5.74, 6) is -6.90. The van der Waals surface area contributed by atoms with Crippen molar-refractivity contribution in [3.05, 3.63) is 41.1 Å². The van der Waals surface area contributed by atoms with Crippen molar-refractivity contribution in [2.75, 3.05) is 0 Å². The summed E-state index contributed by atoms with van der Waals surface area (Å²) in [5, 5.41) is 17.5. The third-order valence-corrected chi connectivity index (χ3v) is 7.86. The molecule has 3 heterocycles. The third-order valence-electron chi connectivity index (χ3n) is 7.86. The molecule has 0 bridgehead atoms. The number of aromatic nitrogens is 5. The van der Waals surface area contributed by atoms with Crippen LogP contribution in [-0.2, 0) is 4.79 Å². The van der Waals surface area contributed by atoms with Gasteiger partial charge in [0.15, 0.2) is 11.3 Å². The zero-order valence-corrected chi connectivity index (χ0v) is 22.2. The van der Waals surface area contributed by atoms with E-state index in [0.717, 1.165) is 0 Å². The number of alkyl halides is 4. The summed E-state index contributed by atoms with van der Waals surface area (Å²) in [4.78, 5) is 30.1. The number of carbonyl (C=O) groups excluding carboxylic acids is 2. The van der Waals surface area contributed by atoms with E-state index in [1.165, 1.54) is 4.52 Å². The molecule has 0 aromatic carbocycles. The molecule has 0 saturated heterocycles. The molecule has 2 N–H and O–H groups in total. The average Bonchev–Trinajstić information content (AvgIpc) is 3.50. The van der Waals surface area contributed by atoms with Crippen molar-refractivity contribution in [1.29, 1.82) is 0 Å². The van der Waals surface area contributed by atoms with Gasteiger partial charge in [-0.2, -0.15) is 5.10 Å². The molecule has 2 aliphatic rings. The second-order valence-corrected chi connectivity index (χ2v) is 11.0. The fraction of sp³-hybridized carbons (Fsp3) is 0.615. The number of rotatable bonds is 9. The highest BCUT2D eigenvalue weighted by molar-refractivity contribution is 5.93. The zero-order chi connectivity index (χ0) is 28.7. The molecule has 14 heteroatoms. The van der Waals surface area contributed by atoms with Crippen LogP contribution in [0.5, 0.6) is 0 Å². The number of aryl methyl sites for hydroxylation is 1. The van der Waals surface area contributed by atoms with Crippen LogP contribution in [0.25, 0.3) is 5.65 Å². The smallest absolute Gasteiger partial charge is 0.276 e. The molecule has 2 amide bonds. The van der Waals surface area contributed by atoms with E-state index in [0.29, 0.717) is 29.0 Å². The number of hydrogen-bond donors (Lipinski definition) is 2. The van der Waals surface area contributed by atoms with Crippen LogP contribution in [-0.4, -0.2) is 48.6 Å². The zero-order valence-electron chi connectivity index (χ0n) is 22.2. The Morgan fingerprint density at radius 1 is 1.12 bits per heavy atom. The first-order valence-electron chi connectivity index (χ1n) is 13.4. The van der Waals surface area contributed by atoms with Gasteiger partial charge in [0, 0.05) is 32.1 Å². The van der Waals surface area contributed by atoms with Gasteiger partial charge in [0.05, 0.1) is 30.2 Å². The average molecular weight is 566 g/mol. The molecule has 2 atom stereocenters. The predicted octanol–water partition coefficient (Wildman–Crippen LogP) is 4.72. The van der Waals surface area contributed by atoms with Gasteiger partial charge < -0.3 is 10.6 Å². The Kier molecular flexibility index (Phi) is 7.53. The fourth-order valence-electron chi connectivity index (χ4n) is 5.59. The van der Waals surface area contributed by atoms with E-state index in [1.807, 2.05) is 6.92 Å². The summed E-state index contributed by atoms with van der Waals surface area (Å²) in [6.45, 7) is 3.46. The van der Waals surface area contributed by atoms with Crippen LogP contribution >= 0.6 is 0 Å². The van der Waals surface area contributed by atoms with E-state index in [1.54, 1.807) is 25.4 Å². The van der Waals surface area contributed by atoms with Crippen LogP contribution in [0.3, 0.4) is 0 Å². The first-order valence-corrected chi connectivity index (χ1v) is 13.4. The Bertz CT molecular complexity index is 1370. The molecule has 40 heavy (non-hydrogen) atoms. The lowest BCUT2D eigenvalue weighted by Gasteiger charge is -2.34. The van der Waals surface area contributed by atoms with Crippen molar-refractivity contribution in [2.45, 2.75) is 89.1 Å². The molecule has 2 aliphatic carbocycles. The third kappa shape index (κ3) is 6.09. The Labute approximate surface area is 227 Å². The van der Waals surface area contributed by atoms with Crippen LogP contribution in [0, 0.1) is 18.8 Å². The fourth-order valence-corrected chi connectivity index (χ4v) is 5.59. The van der Waals surface area contributed by atoms with Crippen LogP contribution in [0.2, 0.25) is 0 Å². The lowest BCUT2D eigenvalue weighted by molar-refractivity contribution is -0.134.